The molecule has 1 unspecified atom stereocenters. The number of rotatable bonds is 4. The van der Waals surface area contributed by atoms with E-state index < -0.39 is 84.7 Å². The predicted octanol–water partition coefficient (Wildman–Crippen LogP) is -4.42. The van der Waals surface area contributed by atoms with Crippen LogP contribution in [-0.2, 0) is 15.2 Å². The Morgan fingerprint density at radius 3 is 2.53 bits per heavy atom. The highest BCUT2D eigenvalue weighted by Crippen LogP contribution is 2.49. The minimum atomic E-state index is -3.55. The Kier molecular flexibility index (Phi) is 5.45. The molecule has 16 heteroatoms. The van der Waals surface area contributed by atoms with Crippen molar-refractivity contribution in [3.8, 4) is 0 Å². The number of halogens is 2. The first-order valence-corrected chi connectivity index (χ1v) is 9.35. The van der Waals surface area contributed by atoms with Gasteiger partial charge in [0.1, 0.15) is 36.6 Å². The molecule has 9 N–H and O–H groups in total. The van der Waals surface area contributed by atoms with Crippen LogP contribution in [0.1, 0.15) is 0 Å². The van der Waals surface area contributed by atoms with Crippen molar-refractivity contribution in [2.24, 2.45) is 0 Å². The Hall–Kier alpha value is -2.31. The molecule has 2 aliphatic heterocycles. The number of nitrogens with two attached hydrogens (primary N) is 1. The lowest BCUT2D eigenvalue weighted by molar-refractivity contribution is -0.309. The van der Waals surface area contributed by atoms with Gasteiger partial charge < -0.3 is 45.8 Å². The molecule has 2 fully saturated rings. The van der Waals surface area contributed by atoms with Crippen molar-refractivity contribution in [1.82, 2.24) is 19.5 Å². The summed E-state index contributed by atoms with van der Waals surface area (Å²) in [4.78, 5) is 22.0. The lowest BCUT2D eigenvalue weighted by Crippen LogP contribution is -2.65. The van der Waals surface area contributed by atoms with Gasteiger partial charge in [0.05, 0.1) is 19.5 Å². The molecule has 0 bridgehead atoms. The van der Waals surface area contributed by atoms with Gasteiger partial charge in [-0.05, 0) is 0 Å². The fourth-order valence-electron chi connectivity index (χ4n) is 4.19. The molecule has 8 atom stereocenters. The maximum atomic E-state index is 14.0. The second-order valence-corrected chi connectivity index (χ2v) is 7.70. The highest BCUT2D eigenvalue weighted by atomic mass is 19.3. The first-order valence-electron chi connectivity index (χ1n) is 9.35. The number of fused-ring (bicyclic) bond motifs is 1. The number of nitrogens with zero attached hydrogens (tertiary/aromatic N) is 3. The molecule has 4 rings (SSSR count). The maximum Gasteiger partial charge on any atom is 0.280 e. The molecule has 14 nitrogen and oxygen atoms in total. The van der Waals surface area contributed by atoms with Gasteiger partial charge >= 0.3 is 0 Å². The second-order valence-electron chi connectivity index (χ2n) is 7.70. The topological polar surface area (TPSA) is 229 Å². The van der Waals surface area contributed by atoms with Gasteiger partial charge in [0.15, 0.2) is 16.8 Å². The van der Waals surface area contributed by atoms with Crippen LogP contribution in [0.25, 0.3) is 11.2 Å². The van der Waals surface area contributed by atoms with Gasteiger partial charge in [-0.15, -0.1) is 0 Å². The number of anilines is 1. The second kappa shape index (κ2) is 7.63. The number of hydrogen-bond acceptors (Lipinski definition) is 12. The van der Waals surface area contributed by atoms with E-state index in [1.165, 1.54) is 0 Å². The van der Waals surface area contributed by atoms with E-state index in [0.717, 1.165) is 10.9 Å². The molecule has 2 aliphatic rings. The molecule has 0 aliphatic carbocycles. The van der Waals surface area contributed by atoms with Crippen LogP contribution in [0.5, 0.6) is 0 Å². The van der Waals surface area contributed by atoms with E-state index in [1.54, 1.807) is 0 Å². The van der Waals surface area contributed by atoms with Gasteiger partial charge in [0, 0.05) is 0 Å². The Labute approximate surface area is 176 Å². The van der Waals surface area contributed by atoms with Crippen molar-refractivity contribution < 1.29 is 48.9 Å². The monoisotopic (exact) mass is 465 g/mol. The minimum absolute atomic E-state index is 0.367. The first kappa shape index (κ1) is 22.9. The molecule has 0 saturated carbocycles. The van der Waals surface area contributed by atoms with Crippen molar-refractivity contribution in [2.75, 3.05) is 18.9 Å². The molecule has 32 heavy (non-hydrogen) atoms. The number of aromatic nitrogens is 4. The van der Waals surface area contributed by atoms with Gasteiger partial charge in [-0.25, -0.2) is 13.8 Å². The summed E-state index contributed by atoms with van der Waals surface area (Å²) in [5.41, 5.74) is -1.82. The van der Waals surface area contributed by atoms with Crippen molar-refractivity contribution >= 4 is 17.1 Å². The third-order valence-electron chi connectivity index (χ3n) is 5.90. The van der Waals surface area contributed by atoms with E-state index in [0.29, 0.717) is 0 Å². The molecule has 2 aromatic rings. The minimum Gasteiger partial charge on any atom is -0.393 e. The average molecular weight is 465 g/mol. The number of aromatic amines is 1. The molecule has 178 valence electrons. The number of ether oxygens (including phenoxy) is 2. The zero-order chi connectivity index (χ0) is 23.6. The van der Waals surface area contributed by atoms with Crippen molar-refractivity contribution in [1.29, 1.82) is 0 Å². The molecule has 2 saturated heterocycles. The molecule has 0 amide bonds. The van der Waals surface area contributed by atoms with Crippen molar-refractivity contribution in [2.45, 2.75) is 54.4 Å². The van der Waals surface area contributed by atoms with Gasteiger partial charge in [-0.3, -0.25) is 14.3 Å². The van der Waals surface area contributed by atoms with Crippen molar-refractivity contribution in [3.05, 3.63) is 16.7 Å². The van der Waals surface area contributed by atoms with E-state index in [4.69, 9.17) is 15.2 Å². The summed E-state index contributed by atoms with van der Waals surface area (Å²) in [5, 5.41) is 61.7. The third kappa shape index (κ3) is 2.88. The Morgan fingerprint density at radius 1 is 1.25 bits per heavy atom. The first-order chi connectivity index (χ1) is 15.0. The molecule has 0 spiro atoms. The van der Waals surface area contributed by atoms with Crippen LogP contribution in [0.2, 0.25) is 0 Å². The number of aliphatic hydroxyl groups is 6. The van der Waals surface area contributed by atoms with Crippen LogP contribution in [-0.4, -0.2) is 112 Å². The van der Waals surface area contributed by atoms with E-state index in [1.807, 2.05) is 0 Å². The van der Waals surface area contributed by atoms with E-state index in [9.17, 15) is 44.2 Å². The van der Waals surface area contributed by atoms with E-state index >= 15 is 0 Å². The van der Waals surface area contributed by atoms with Crippen LogP contribution in [0.15, 0.2) is 11.1 Å². The summed E-state index contributed by atoms with van der Waals surface area (Å²) in [6.45, 7) is -2.10. The fraction of sp³-hybridized carbons (Fsp3) is 0.688. The Bertz CT molecular complexity index is 1070. The van der Waals surface area contributed by atoms with Crippen LogP contribution in [0, 0.1) is 0 Å². The largest absolute Gasteiger partial charge is 0.393 e. The number of nitrogens with one attached hydrogen (secondary N) is 1. The summed E-state index contributed by atoms with van der Waals surface area (Å²) >= 11 is 0. The maximum absolute atomic E-state index is 14.0. The predicted molar refractivity (Wildman–Crippen MR) is 97.2 cm³/mol. The summed E-state index contributed by atoms with van der Waals surface area (Å²) in [6, 6.07) is 0. The third-order valence-corrected chi connectivity index (χ3v) is 5.90. The number of aliphatic hydroxyl groups excluding tert-OH is 6. The lowest BCUT2D eigenvalue weighted by atomic mass is 9.86. The van der Waals surface area contributed by atoms with Crippen LogP contribution in [0.4, 0.5) is 14.7 Å². The molecule has 2 aromatic heterocycles. The molecule has 4 heterocycles. The van der Waals surface area contributed by atoms with Gasteiger partial charge in [0.25, 0.3) is 12.0 Å². The summed E-state index contributed by atoms with van der Waals surface area (Å²) in [7, 11) is 0. The van der Waals surface area contributed by atoms with Crippen LogP contribution >= 0.6 is 0 Å². The van der Waals surface area contributed by atoms with Gasteiger partial charge in [0.2, 0.25) is 11.7 Å². The number of imidazole rings is 1. The quantitative estimate of drug-likeness (QED) is 0.214. The number of nitrogen functional groups attached to an aromatic ring is 1. The van der Waals surface area contributed by atoms with Crippen molar-refractivity contribution in [3.63, 3.8) is 0 Å². The number of alkyl halides is 2. The van der Waals surface area contributed by atoms with Crippen LogP contribution in [0.3, 0.4) is 0 Å². The molecule has 0 radical (unpaired) electrons. The van der Waals surface area contributed by atoms with E-state index in [2.05, 4.69) is 15.0 Å². The average Bonchev–Trinajstić information content (AvgIpc) is 3.26. The normalized spacial score (nSPS) is 40.4. The zero-order valence-corrected chi connectivity index (χ0v) is 16.1. The lowest BCUT2D eigenvalue weighted by Gasteiger charge is -2.46. The number of H-pyrrole nitrogens is 1. The van der Waals surface area contributed by atoms with Gasteiger partial charge in [-0.1, -0.05) is 0 Å². The highest BCUT2D eigenvalue weighted by Gasteiger charge is 2.72. The van der Waals surface area contributed by atoms with Crippen LogP contribution < -0.4 is 11.3 Å². The molecular weight excluding hydrogens is 444 g/mol. The Morgan fingerprint density at radius 2 is 1.94 bits per heavy atom. The summed E-state index contributed by atoms with van der Waals surface area (Å²) < 4.78 is 39.5. The summed E-state index contributed by atoms with van der Waals surface area (Å²) in [6.07, 6.45) is -14.9. The Balaban J connectivity index is 2.01. The smallest absolute Gasteiger partial charge is 0.280 e. The van der Waals surface area contributed by atoms with E-state index in [-0.39, 0.29) is 5.52 Å². The molecule has 0 aromatic carbocycles. The zero-order valence-electron chi connectivity index (χ0n) is 16.1. The highest BCUT2D eigenvalue weighted by molar-refractivity contribution is 5.71. The number of hydrogen-bond donors (Lipinski definition) is 8. The SMILES string of the molecule is Nc1nc2c(ncn2[C@]2(C3OC[C@@H](O)[C@H](O)[C@H]3O)O[C@@](CO)(C(F)F)[C@@H](O)[C@H]2O)c(=O)[nH]1. The van der Waals surface area contributed by atoms with Gasteiger partial charge in [-0.2, -0.15) is 4.98 Å². The standard InChI is InChI=1S/C16H21F2N5O9/c17-13(18)15(2-24)8(28)9(29)16(32-15,10-7(27)6(26)4(25)1-31-10)23-3-20-5-11(23)21-14(19)22-12(5)30/h3-4,6-10,13,24-29H,1-2H2,(H3,19,21,22,30)/t4-,6+,7-,8+,9-,10?,15-,16+/m1/s1. The summed E-state index contributed by atoms with van der Waals surface area (Å²) in [5.74, 6) is -0.421. The fourth-order valence-corrected chi connectivity index (χ4v) is 4.19. The molecular formula is C16H21F2N5O9.